The van der Waals surface area contributed by atoms with Gasteiger partial charge in [0.05, 0.1) is 12.6 Å². The van der Waals surface area contributed by atoms with Crippen molar-refractivity contribution in [3.05, 3.63) is 34.9 Å². The number of rotatable bonds is 4. The number of hydrogen-bond acceptors (Lipinski definition) is 5. The van der Waals surface area contributed by atoms with Gasteiger partial charge >= 0.3 is 5.97 Å². The maximum Gasteiger partial charge on any atom is 0.305 e. The van der Waals surface area contributed by atoms with Crippen molar-refractivity contribution in [1.82, 2.24) is 5.32 Å². The number of carbonyl (C=O) groups excluding carboxylic acids is 1. The zero-order chi connectivity index (χ0) is 15.4. The standard InChI is InChI=1S/C14H15N3O3S/c1-8-4-3-5-9(2)10(8)7-15-17-14-16-13(20)11(21-14)6-12(18)19/h3-5,7,11H,6H2,1-2H3,(H,18,19)(H,16,17,20). The maximum atomic E-state index is 11.5. The molecule has 0 bridgehead atoms. The van der Waals surface area contributed by atoms with Gasteiger partial charge in [-0.2, -0.15) is 5.10 Å². The number of thioether (sulfide) groups is 1. The number of amides is 1. The number of hydrogen-bond donors (Lipinski definition) is 2. The number of nitrogens with one attached hydrogen (secondary N) is 1. The topological polar surface area (TPSA) is 91.1 Å². The van der Waals surface area contributed by atoms with Gasteiger partial charge in [0.1, 0.15) is 5.25 Å². The highest BCUT2D eigenvalue weighted by Gasteiger charge is 2.32. The lowest BCUT2D eigenvalue weighted by molar-refractivity contribution is -0.138. The van der Waals surface area contributed by atoms with Crippen molar-refractivity contribution in [2.45, 2.75) is 25.5 Å². The van der Waals surface area contributed by atoms with Crippen molar-refractivity contribution in [3.63, 3.8) is 0 Å². The Hall–Kier alpha value is -2.15. The third-order valence-corrected chi connectivity index (χ3v) is 4.09. The summed E-state index contributed by atoms with van der Waals surface area (Å²) in [5.74, 6) is -1.36. The van der Waals surface area contributed by atoms with E-state index in [0.29, 0.717) is 5.17 Å². The van der Waals surface area contributed by atoms with Gasteiger partial charge in [0.25, 0.3) is 0 Å². The Morgan fingerprint density at radius 3 is 2.71 bits per heavy atom. The number of carboxylic acid groups (broad SMARTS) is 1. The summed E-state index contributed by atoms with van der Waals surface area (Å²) in [7, 11) is 0. The van der Waals surface area contributed by atoms with Crippen LogP contribution in [0.25, 0.3) is 0 Å². The van der Waals surface area contributed by atoms with Crippen molar-refractivity contribution in [2.75, 3.05) is 0 Å². The molecule has 21 heavy (non-hydrogen) atoms. The van der Waals surface area contributed by atoms with Gasteiger partial charge in [-0.05, 0) is 25.0 Å². The molecule has 2 rings (SSSR count). The fourth-order valence-corrected chi connectivity index (χ4v) is 2.83. The van der Waals surface area contributed by atoms with Gasteiger partial charge in [0, 0.05) is 5.56 Å². The molecule has 110 valence electrons. The molecule has 1 saturated heterocycles. The summed E-state index contributed by atoms with van der Waals surface area (Å²) in [5, 5.41) is 18.8. The van der Waals surface area contributed by atoms with Crippen LogP contribution in [0.2, 0.25) is 0 Å². The first-order valence-corrected chi connectivity index (χ1v) is 7.22. The van der Waals surface area contributed by atoms with E-state index in [1.54, 1.807) is 6.21 Å². The molecule has 1 fully saturated rings. The number of aliphatic carboxylic acids is 1. The van der Waals surface area contributed by atoms with Gasteiger partial charge < -0.3 is 10.4 Å². The summed E-state index contributed by atoms with van der Waals surface area (Å²) >= 11 is 1.09. The minimum absolute atomic E-state index is 0.226. The molecule has 6 nitrogen and oxygen atoms in total. The molecule has 0 spiro atoms. The molecule has 1 atom stereocenters. The van der Waals surface area contributed by atoms with Crippen LogP contribution in [0.3, 0.4) is 0 Å². The van der Waals surface area contributed by atoms with E-state index in [4.69, 9.17) is 5.11 Å². The number of carboxylic acids is 1. The summed E-state index contributed by atoms with van der Waals surface area (Å²) in [5.41, 5.74) is 3.16. The van der Waals surface area contributed by atoms with Crippen molar-refractivity contribution in [1.29, 1.82) is 0 Å². The maximum absolute atomic E-state index is 11.5. The summed E-state index contributed by atoms with van der Waals surface area (Å²) < 4.78 is 0. The number of amidine groups is 1. The molecule has 1 unspecified atom stereocenters. The van der Waals surface area contributed by atoms with Gasteiger partial charge in [-0.25, -0.2) is 0 Å². The average Bonchev–Trinajstić information content (AvgIpc) is 2.73. The fraction of sp³-hybridized carbons (Fsp3) is 0.286. The quantitative estimate of drug-likeness (QED) is 0.654. The Balaban J connectivity index is 2.07. The van der Waals surface area contributed by atoms with Crippen LogP contribution < -0.4 is 5.32 Å². The highest BCUT2D eigenvalue weighted by molar-refractivity contribution is 8.15. The van der Waals surface area contributed by atoms with Crippen LogP contribution in [-0.2, 0) is 9.59 Å². The summed E-state index contributed by atoms with van der Waals surface area (Å²) in [6, 6.07) is 5.93. The monoisotopic (exact) mass is 305 g/mol. The molecule has 0 radical (unpaired) electrons. The third-order valence-electron chi connectivity index (χ3n) is 3.01. The van der Waals surface area contributed by atoms with Gasteiger partial charge in [-0.1, -0.05) is 30.0 Å². The minimum atomic E-state index is -1.01. The average molecular weight is 305 g/mol. The predicted octanol–water partition coefficient (Wildman–Crippen LogP) is 1.70. The van der Waals surface area contributed by atoms with Crippen LogP contribution in [0.1, 0.15) is 23.1 Å². The fourth-order valence-electron chi connectivity index (χ4n) is 1.92. The van der Waals surface area contributed by atoms with Crippen LogP contribution in [0.4, 0.5) is 0 Å². The van der Waals surface area contributed by atoms with Gasteiger partial charge in [0.2, 0.25) is 5.91 Å². The molecule has 1 amide bonds. The van der Waals surface area contributed by atoms with Crippen molar-refractivity contribution in [3.8, 4) is 0 Å². The molecule has 0 aliphatic carbocycles. The van der Waals surface area contributed by atoms with E-state index in [1.807, 2.05) is 32.0 Å². The van der Waals surface area contributed by atoms with E-state index in [1.165, 1.54) is 0 Å². The molecular formula is C14H15N3O3S. The van der Waals surface area contributed by atoms with Crippen LogP contribution >= 0.6 is 11.8 Å². The highest BCUT2D eigenvalue weighted by Crippen LogP contribution is 2.22. The number of aryl methyl sites for hydroxylation is 2. The number of carbonyl (C=O) groups is 2. The summed E-state index contributed by atoms with van der Waals surface area (Å²) in [4.78, 5) is 22.2. The SMILES string of the molecule is Cc1cccc(C)c1C=NN=C1NC(=O)C(CC(=O)O)S1. The highest BCUT2D eigenvalue weighted by atomic mass is 32.2. The van der Waals surface area contributed by atoms with E-state index in [-0.39, 0.29) is 12.3 Å². The second-order valence-electron chi connectivity index (χ2n) is 4.65. The molecule has 0 saturated carbocycles. The Bertz CT molecular complexity index is 620. The van der Waals surface area contributed by atoms with Gasteiger partial charge in [-0.3, -0.25) is 9.59 Å². The molecular weight excluding hydrogens is 290 g/mol. The van der Waals surface area contributed by atoms with E-state index >= 15 is 0 Å². The van der Waals surface area contributed by atoms with Crippen LogP contribution in [0.15, 0.2) is 28.4 Å². The Labute approximate surface area is 126 Å². The van der Waals surface area contributed by atoms with E-state index in [2.05, 4.69) is 15.5 Å². The predicted molar refractivity (Wildman–Crippen MR) is 82.7 cm³/mol. The lowest BCUT2D eigenvalue weighted by Gasteiger charge is -2.02. The summed E-state index contributed by atoms with van der Waals surface area (Å²) in [6.45, 7) is 3.97. The first-order chi connectivity index (χ1) is 9.97. The Morgan fingerprint density at radius 1 is 1.43 bits per heavy atom. The zero-order valence-corrected chi connectivity index (χ0v) is 12.5. The Morgan fingerprint density at radius 2 is 2.10 bits per heavy atom. The second-order valence-corrected chi connectivity index (χ2v) is 5.84. The van der Waals surface area contributed by atoms with Gasteiger partial charge in [0.15, 0.2) is 5.17 Å². The van der Waals surface area contributed by atoms with Crippen molar-refractivity contribution in [2.24, 2.45) is 10.2 Å². The van der Waals surface area contributed by atoms with Crippen LogP contribution in [0, 0.1) is 13.8 Å². The molecule has 7 heteroatoms. The largest absolute Gasteiger partial charge is 0.481 e. The molecule has 1 heterocycles. The second kappa shape index (κ2) is 6.53. The molecule has 2 N–H and O–H groups in total. The van der Waals surface area contributed by atoms with Gasteiger partial charge in [-0.15, -0.1) is 5.10 Å². The minimum Gasteiger partial charge on any atom is -0.481 e. The van der Waals surface area contributed by atoms with E-state index in [0.717, 1.165) is 28.5 Å². The van der Waals surface area contributed by atoms with Crippen molar-refractivity contribution >= 4 is 35.0 Å². The molecule has 1 aromatic carbocycles. The first-order valence-electron chi connectivity index (χ1n) is 6.34. The number of nitrogens with zero attached hydrogens (tertiary/aromatic N) is 2. The third kappa shape index (κ3) is 3.91. The van der Waals surface area contributed by atoms with Crippen molar-refractivity contribution < 1.29 is 14.7 Å². The first kappa shape index (κ1) is 15.2. The van der Waals surface area contributed by atoms with E-state index < -0.39 is 11.2 Å². The lowest BCUT2D eigenvalue weighted by Crippen LogP contribution is -2.26. The molecule has 1 aromatic rings. The van der Waals surface area contributed by atoms with Crippen LogP contribution in [-0.4, -0.2) is 33.6 Å². The molecule has 0 aromatic heterocycles. The smallest absolute Gasteiger partial charge is 0.305 e. The number of benzene rings is 1. The molecule has 1 aliphatic rings. The zero-order valence-electron chi connectivity index (χ0n) is 11.7. The summed E-state index contributed by atoms with van der Waals surface area (Å²) in [6.07, 6.45) is 1.41. The molecule has 1 aliphatic heterocycles. The van der Waals surface area contributed by atoms with E-state index in [9.17, 15) is 9.59 Å². The Kier molecular flexibility index (Phi) is 4.74. The van der Waals surface area contributed by atoms with Crippen LogP contribution in [0.5, 0.6) is 0 Å². The normalized spacial score (nSPS) is 20.2. The lowest BCUT2D eigenvalue weighted by atomic mass is 10.0.